The molecule has 0 spiro atoms. The predicted octanol–water partition coefficient (Wildman–Crippen LogP) is 0.910. The van der Waals surface area contributed by atoms with Crippen molar-refractivity contribution in [2.75, 3.05) is 24.6 Å². The van der Waals surface area contributed by atoms with Gasteiger partial charge in [0.2, 0.25) is 20.0 Å². The minimum atomic E-state index is -3.22. The molecular formula is C12H26N2O4S2. The van der Waals surface area contributed by atoms with Crippen LogP contribution in [0.25, 0.3) is 0 Å². The molecule has 0 saturated carbocycles. The number of sulfonamides is 2. The second-order valence-corrected chi connectivity index (χ2v) is 9.24. The molecule has 0 amide bonds. The van der Waals surface area contributed by atoms with Gasteiger partial charge in [-0.2, -0.15) is 0 Å². The zero-order chi connectivity index (χ0) is 15.2. The molecule has 0 aromatic heterocycles. The lowest BCUT2D eigenvalue weighted by molar-refractivity contribution is 0.308. The minimum Gasteiger partial charge on any atom is -0.212 e. The Kier molecular flexibility index (Phi) is 6.90. The van der Waals surface area contributed by atoms with Crippen LogP contribution in [0.15, 0.2) is 0 Å². The third-order valence-corrected chi connectivity index (χ3v) is 7.02. The first kappa shape index (κ1) is 17.9. The Morgan fingerprint density at radius 3 is 2.10 bits per heavy atom. The fraction of sp³-hybridized carbons (Fsp3) is 1.00. The number of nitrogens with zero attached hydrogens (tertiary/aromatic N) is 1. The molecule has 0 atom stereocenters. The molecule has 1 heterocycles. The van der Waals surface area contributed by atoms with Crippen LogP contribution in [-0.2, 0) is 20.0 Å². The van der Waals surface area contributed by atoms with Gasteiger partial charge in [-0.05, 0) is 25.7 Å². The van der Waals surface area contributed by atoms with Gasteiger partial charge in [-0.1, -0.05) is 20.3 Å². The van der Waals surface area contributed by atoms with Crippen molar-refractivity contribution in [1.82, 2.24) is 9.03 Å². The van der Waals surface area contributed by atoms with Crippen molar-refractivity contribution in [1.29, 1.82) is 0 Å². The van der Waals surface area contributed by atoms with Gasteiger partial charge in [0.15, 0.2) is 0 Å². The van der Waals surface area contributed by atoms with Gasteiger partial charge in [-0.3, -0.25) is 0 Å². The average molecular weight is 326 g/mol. The highest BCUT2D eigenvalue weighted by molar-refractivity contribution is 7.89. The Morgan fingerprint density at radius 1 is 1.00 bits per heavy atom. The highest BCUT2D eigenvalue weighted by Crippen LogP contribution is 2.16. The second kappa shape index (κ2) is 7.72. The summed E-state index contributed by atoms with van der Waals surface area (Å²) < 4.78 is 51.6. The van der Waals surface area contributed by atoms with Crippen molar-refractivity contribution in [3.8, 4) is 0 Å². The average Bonchev–Trinajstić information content (AvgIpc) is 2.36. The quantitative estimate of drug-likeness (QED) is 0.718. The molecule has 1 aliphatic rings. The minimum absolute atomic E-state index is 0.134. The van der Waals surface area contributed by atoms with E-state index < -0.39 is 20.0 Å². The van der Waals surface area contributed by atoms with Crippen LogP contribution in [0.1, 0.15) is 46.0 Å². The molecule has 1 saturated heterocycles. The first-order valence-electron chi connectivity index (χ1n) is 7.28. The molecule has 0 aromatic carbocycles. The van der Waals surface area contributed by atoms with Crippen LogP contribution in [0.3, 0.4) is 0 Å². The Bertz CT molecular complexity index is 480. The molecule has 0 unspecified atom stereocenters. The van der Waals surface area contributed by atoms with Gasteiger partial charge in [0.25, 0.3) is 0 Å². The second-order valence-electron chi connectivity index (χ2n) is 5.28. The maximum absolute atomic E-state index is 11.9. The number of unbranched alkanes of at least 4 members (excludes halogenated alkanes) is 1. The van der Waals surface area contributed by atoms with Gasteiger partial charge in [0.1, 0.15) is 0 Å². The molecular weight excluding hydrogens is 300 g/mol. The molecule has 0 bridgehead atoms. The highest BCUT2D eigenvalue weighted by Gasteiger charge is 2.28. The van der Waals surface area contributed by atoms with E-state index in [1.54, 1.807) is 0 Å². The normalized spacial score (nSPS) is 19.3. The molecule has 120 valence electrons. The molecule has 0 radical (unpaired) electrons. The zero-order valence-corrected chi connectivity index (χ0v) is 14.0. The Morgan fingerprint density at radius 2 is 1.60 bits per heavy atom. The summed E-state index contributed by atoms with van der Waals surface area (Å²) in [6.45, 7) is 4.60. The number of hydrogen-bond acceptors (Lipinski definition) is 4. The Hall–Kier alpha value is -0.180. The van der Waals surface area contributed by atoms with Crippen LogP contribution in [-0.4, -0.2) is 51.8 Å². The van der Waals surface area contributed by atoms with Gasteiger partial charge in [0, 0.05) is 19.1 Å². The topological polar surface area (TPSA) is 83.6 Å². The van der Waals surface area contributed by atoms with Crippen LogP contribution >= 0.6 is 0 Å². The number of nitrogens with one attached hydrogen (secondary N) is 1. The number of rotatable bonds is 8. The summed E-state index contributed by atoms with van der Waals surface area (Å²) in [5.41, 5.74) is 0. The molecule has 1 aliphatic heterocycles. The Labute approximate surface area is 123 Å². The van der Waals surface area contributed by atoms with E-state index in [0.29, 0.717) is 38.8 Å². The monoisotopic (exact) mass is 326 g/mol. The third kappa shape index (κ3) is 5.67. The molecule has 0 aromatic rings. The fourth-order valence-electron chi connectivity index (χ4n) is 2.29. The third-order valence-electron chi connectivity index (χ3n) is 3.42. The van der Waals surface area contributed by atoms with Gasteiger partial charge in [0.05, 0.1) is 11.5 Å². The zero-order valence-electron chi connectivity index (χ0n) is 12.3. The van der Waals surface area contributed by atoms with Crippen molar-refractivity contribution >= 4 is 20.0 Å². The van der Waals surface area contributed by atoms with Crippen LogP contribution < -0.4 is 4.72 Å². The molecule has 20 heavy (non-hydrogen) atoms. The van der Waals surface area contributed by atoms with Gasteiger partial charge in [-0.15, -0.1) is 0 Å². The highest BCUT2D eigenvalue weighted by atomic mass is 32.2. The standard InChI is InChI=1S/C12H26N2O4S2/c1-3-5-11-19(15,16)13-12-6-8-14(9-7-12)20(17,18)10-4-2/h12-13H,3-11H2,1-2H3. The molecule has 1 rings (SSSR count). The lowest BCUT2D eigenvalue weighted by Crippen LogP contribution is -2.47. The largest absolute Gasteiger partial charge is 0.214 e. The summed E-state index contributed by atoms with van der Waals surface area (Å²) in [6.07, 6.45) is 3.20. The van der Waals surface area contributed by atoms with Crippen LogP contribution in [0, 0.1) is 0 Å². The predicted molar refractivity (Wildman–Crippen MR) is 80.5 cm³/mol. The van der Waals surface area contributed by atoms with Crippen molar-refractivity contribution in [2.24, 2.45) is 0 Å². The van der Waals surface area contributed by atoms with E-state index in [2.05, 4.69) is 4.72 Å². The molecule has 0 aliphatic carbocycles. The molecule has 6 nitrogen and oxygen atoms in total. The van der Waals surface area contributed by atoms with Crippen molar-refractivity contribution in [3.63, 3.8) is 0 Å². The fourth-order valence-corrected chi connectivity index (χ4v) is 5.36. The molecule has 8 heteroatoms. The van der Waals surface area contributed by atoms with Crippen molar-refractivity contribution < 1.29 is 16.8 Å². The number of piperidine rings is 1. The van der Waals surface area contributed by atoms with Crippen LogP contribution in [0.4, 0.5) is 0 Å². The van der Waals surface area contributed by atoms with Crippen LogP contribution in [0.2, 0.25) is 0 Å². The summed E-state index contributed by atoms with van der Waals surface area (Å²) in [5, 5.41) is 0. The van der Waals surface area contributed by atoms with E-state index in [0.717, 1.165) is 6.42 Å². The van der Waals surface area contributed by atoms with Crippen molar-refractivity contribution in [3.05, 3.63) is 0 Å². The van der Waals surface area contributed by atoms with Crippen molar-refractivity contribution in [2.45, 2.75) is 52.0 Å². The summed E-state index contributed by atoms with van der Waals surface area (Å²) >= 11 is 0. The Balaban J connectivity index is 2.47. The summed E-state index contributed by atoms with van der Waals surface area (Å²) in [6, 6.07) is -0.134. The van der Waals surface area contributed by atoms with E-state index in [4.69, 9.17) is 0 Å². The summed E-state index contributed by atoms with van der Waals surface area (Å²) in [7, 11) is -6.38. The summed E-state index contributed by atoms with van der Waals surface area (Å²) in [4.78, 5) is 0. The van der Waals surface area contributed by atoms with E-state index in [1.165, 1.54) is 4.31 Å². The maximum Gasteiger partial charge on any atom is 0.214 e. The SMILES string of the molecule is CCCCS(=O)(=O)NC1CCN(S(=O)(=O)CCC)CC1. The van der Waals surface area contributed by atoms with Crippen LogP contribution in [0.5, 0.6) is 0 Å². The maximum atomic E-state index is 11.9. The van der Waals surface area contributed by atoms with E-state index in [-0.39, 0.29) is 17.5 Å². The van der Waals surface area contributed by atoms with E-state index in [1.807, 2.05) is 13.8 Å². The molecule has 1 N–H and O–H groups in total. The molecule has 1 fully saturated rings. The number of hydrogen-bond donors (Lipinski definition) is 1. The van der Waals surface area contributed by atoms with Gasteiger partial charge < -0.3 is 0 Å². The first-order chi connectivity index (χ1) is 9.30. The van der Waals surface area contributed by atoms with Gasteiger partial charge >= 0.3 is 0 Å². The van der Waals surface area contributed by atoms with E-state index >= 15 is 0 Å². The van der Waals surface area contributed by atoms with E-state index in [9.17, 15) is 16.8 Å². The lowest BCUT2D eigenvalue weighted by atomic mass is 10.1. The van der Waals surface area contributed by atoms with Gasteiger partial charge in [-0.25, -0.2) is 25.9 Å². The smallest absolute Gasteiger partial charge is 0.212 e. The summed E-state index contributed by atoms with van der Waals surface area (Å²) in [5.74, 6) is 0.317. The first-order valence-corrected chi connectivity index (χ1v) is 10.5. The lowest BCUT2D eigenvalue weighted by Gasteiger charge is -2.31.